The Morgan fingerprint density at radius 1 is 1.47 bits per heavy atom. The number of carbonyl (C=O) groups excluding carboxylic acids is 1. The van der Waals surface area contributed by atoms with Crippen LogP contribution in [0.15, 0.2) is 22.7 Å². The van der Waals surface area contributed by atoms with Crippen LogP contribution in [-0.4, -0.2) is 23.9 Å². The lowest BCUT2D eigenvalue weighted by Gasteiger charge is -2.24. The smallest absolute Gasteiger partial charge is 0.253 e. The predicted octanol–water partition coefficient (Wildman–Crippen LogP) is 3.29. The first kappa shape index (κ1) is 14.0. The van der Waals surface area contributed by atoms with Crippen molar-refractivity contribution in [3.8, 4) is 0 Å². The topological polar surface area (TPSA) is 46.3 Å². The zero-order valence-corrected chi connectivity index (χ0v) is 12.1. The number of nitrogen functional groups attached to an aromatic ring is 1. The third-order valence-electron chi connectivity index (χ3n) is 2.86. The second kappa shape index (κ2) is 6.05. The summed E-state index contributed by atoms with van der Waals surface area (Å²) in [6, 6.07) is 5.54. The van der Waals surface area contributed by atoms with Gasteiger partial charge in [-0.3, -0.25) is 4.79 Å². The lowest BCUT2D eigenvalue weighted by molar-refractivity contribution is 0.0736. The van der Waals surface area contributed by atoms with Crippen LogP contribution < -0.4 is 5.73 Å². The van der Waals surface area contributed by atoms with Crippen LogP contribution in [-0.2, 0) is 0 Å². The number of rotatable bonds is 4. The molecule has 1 aromatic rings. The molecule has 0 bridgehead atoms. The zero-order valence-electron chi connectivity index (χ0n) is 10.5. The minimum absolute atomic E-state index is 0.0129. The molecule has 94 valence electrons. The highest BCUT2D eigenvalue weighted by atomic mass is 79.9. The van der Waals surface area contributed by atoms with E-state index in [4.69, 9.17) is 5.73 Å². The van der Waals surface area contributed by atoms with Gasteiger partial charge in [0.1, 0.15) is 0 Å². The van der Waals surface area contributed by atoms with Crippen LogP contribution in [0.25, 0.3) is 0 Å². The number of carbonyl (C=O) groups is 1. The van der Waals surface area contributed by atoms with Crippen molar-refractivity contribution in [1.82, 2.24) is 4.90 Å². The molecule has 4 heteroatoms. The van der Waals surface area contributed by atoms with Crippen LogP contribution in [0.1, 0.15) is 37.0 Å². The van der Waals surface area contributed by atoms with Crippen molar-refractivity contribution in [1.29, 1.82) is 0 Å². The molecule has 0 radical (unpaired) electrons. The van der Waals surface area contributed by atoms with E-state index in [1.165, 1.54) is 0 Å². The third-order valence-corrected chi connectivity index (χ3v) is 3.31. The van der Waals surface area contributed by atoms with Crippen molar-refractivity contribution in [2.24, 2.45) is 0 Å². The number of anilines is 1. The van der Waals surface area contributed by atoms with Crippen LogP contribution in [0.5, 0.6) is 0 Å². The maximum Gasteiger partial charge on any atom is 0.253 e. The molecular formula is C13H19BrN2O. The van der Waals surface area contributed by atoms with E-state index in [1.54, 1.807) is 23.1 Å². The van der Waals surface area contributed by atoms with E-state index >= 15 is 0 Å². The summed E-state index contributed by atoms with van der Waals surface area (Å²) in [7, 11) is 1.83. The number of nitrogens with zero attached hydrogens (tertiary/aromatic N) is 1. The summed E-state index contributed by atoms with van der Waals surface area (Å²) in [6.45, 7) is 4.18. The van der Waals surface area contributed by atoms with Crippen LogP contribution in [0.2, 0.25) is 0 Å². The van der Waals surface area contributed by atoms with Crippen molar-refractivity contribution in [3.63, 3.8) is 0 Å². The fourth-order valence-corrected chi connectivity index (χ4v) is 2.26. The normalized spacial score (nSPS) is 12.2. The van der Waals surface area contributed by atoms with Gasteiger partial charge in [0, 0.05) is 28.8 Å². The number of halogens is 1. The van der Waals surface area contributed by atoms with Crippen molar-refractivity contribution in [2.45, 2.75) is 32.7 Å². The van der Waals surface area contributed by atoms with Gasteiger partial charge in [0.05, 0.1) is 0 Å². The van der Waals surface area contributed by atoms with Crippen LogP contribution in [0.4, 0.5) is 5.69 Å². The van der Waals surface area contributed by atoms with Gasteiger partial charge in [0.25, 0.3) is 5.91 Å². The van der Waals surface area contributed by atoms with Crippen LogP contribution >= 0.6 is 15.9 Å². The summed E-state index contributed by atoms with van der Waals surface area (Å²) in [5.41, 5.74) is 6.96. The van der Waals surface area contributed by atoms with Crippen molar-refractivity contribution in [2.75, 3.05) is 12.8 Å². The molecule has 3 nitrogen and oxygen atoms in total. The Balaban J connectivity index is 2.88. The highest BCUT2D eigenvalue weighted by Gasteiger charge is 2.17. The molecule has 1 rings (SSSR count). The minimum Gasteiger partial charge on any atom is -0.399 e. The summed E-state index contributed by atoms with van der Waals surface area (Å²) in [5, 5.41) is 0. The monoisotopic (exact) mass is 298 g/mol. The number of nitrogens with two attached hydrogens (primary N) is 1. The molecule has 1 aromatic carbocycles. The Hall–Kier alpha value is -1.03. The minimum atomic E-state index is 0.0129. The summed E-state index contributed by atoms with van der Waals surface area (Å²) in [4.78, 5) is 14.0. The van der Waals surface area contributed by atoms with Gasteiger partial charge >= 0.3 is 0 Å². The van der Waals surface area contributed by atoms with Gasteiger partial charge in [-0.1, -0.05) is 29.3 Å². The summed E-state index contributed by atoms with van der Waals surface area (Å²) >= 11 is 3.35. The number of hydrogen-bond donors (Lipinski definition) is 1. The van der Waals surface area contributed by atoms with E-state index in [-0.39, 0.29) is 11.9 Å². The third kappa shape index (κ3) is 3.73. The van der Waals surface area contributed by atoms with E-state index in [0.717, 1.165) is 17.3 Å². The Kier molecular flexibility index (Phi) is 5.00. The van der Waals surface area contributed by atoms with E-state index in [2.05, 4.69) is 29.8 Å². The fraction of sp³-hybridized carbons (Fsp3) is 0.462. The number of hydrogen-bond acceptors (Lipinski definition) is 2. The van der Waals surface area contributed by atoms with Crippen LogP contribution in [0.3, 0.4) is 0 Å². The van der Waals surface area contributed by atoms with Gasteiger partial charge in [-0.25, -0.2) is 0 Å². The summed E-state index contributed by atoms with van der Waals surface area (Å²) < 4.78 is 0.831. The van der Waals surface area contributed by atoms with Crippen molar-refractivity contribution in [3.05, 3.63) is 28.2 Å². The highest BCUT2D eigenvalue weighted by molar-refractivity contribution is 9.10. The van der Waals surface area contributed by atoms with E-state index in [9.17, 15) is 4.79 Å². The zero-order chi connectivity index (χ0) is 13.0. The molecule has 17 heavy (non-hydrogen) atoms. The molecular weight excluding hydrogens is 280 g/mol. The fourth-order valence-electron chi connectivity index (χ4n) is 1.75. The molecule has 1 atom stereocenters. The molecule has 2 N–H and O–H groups in total. The molecule has 0 aliphatic carbocycles. The second-order valence-corrected chi connectivity index (χ2v) is 5.24. The van der Waals surface area contributed by atoms with E-state index < -0.39 is 0 Å². The molecule has 0 fully saturated rings. The number of benzene rings is 1. The predicted molar refractivity (Wildman–Crippen MR) is 75.0 cm³/mol. The maximum atomic E-state index is 12.2. The Bertz CT molecular complexity index is 386. The first-order valence-corrected chi connectivity index (χ1v) is 6.58. The van der Waals surface area contributed by atoms with Crippen LogP contribution in [0, 0.1) is 0 Å². The molecule has 0 saturated heterocycles. The van der Waals surface area contributed by atoms with Gasteiger partial charge in [-0.2, -0.15) is 0 Å². The standard InChI is InChI=1S/C13H19BrN2O/c1-4-5-9(2)16(3)13(17)10-6-11(14)8-12(15)7-10/h6-9H,4-5,15H2,1-3H3. The molecule has 0 aromatic heterocycles. The quantitative estimate of drug-likeness (QED) is 0.867. The lowest BCUT2D eigenvalue weighted by atomic mass is 10.1. The first-order valence-electron chi connectivity index (χ1n) is 5.79. The molecule has 0 heterocycles. The summed E-state index contributed by atoms with van der Waals surface area (Å²) in [6.07, 6.45) is 2.07. The molecule has 0 aliphatic rings. The molecule has 1 unspecified atom stereocenters. The van der Waals surface area contributed by atoms with Gasteiger partial charge in [0.15, 0.2) is 0 Å². The summed E-state index contributed by atoms with van der Waals surface area (Å²) in [5.74, 6) is 0.0129. The van der Waals surface area contributed by atoms with Gasteiger partial charge in [-0.15, -0.1) is 0 Å². The Morgan fingerprint density at radius 2 is 2.12 bits per heavy atom. The molecule has 0 aliphatic heterocycles. The molecule has 0 spiro atoms. The number of amides is 1. The van der Waals surface area contributed by atoms with E-state index in [0.29, 0.717) is 11.3 Å². The average Bonchev–Trinajstić information content (AvgIpc) is 2.26. The largest absolute Gasteiger partial charge is 0.399 e. The highest BCUT2D eigenvalue weighted by Crippen LogP contribution is 2.19. The van der Waals surface area contributed by atoms with Gasteiger partial charge < -0.3 is 10.6 Å². The Labute approximate surface area is 111 Å². The Morgan fingerprint density at radius 3 is 2.65 bits per heavy atom. The van der Waals surface area contributed by atoms with Gasteiger partial charge in [-0.05, 0) is 31.5 Å². The average molecular weight is 299 g/mol. The second-order valence-electron chi connectivity index (χ2n) is 4.33. The van der Waals surface area contributed by atoms with E-state index in [1.807, 2.05) is 7.05 Å². The van der Waals surface area contributed by atoms with Gasteiger partial charge in [0.2, 0.25) is 0 Å². The molecule has 0 saturated carbocycles. The first-order chi connectivity index (χ1) is 7.95. The molecule has 1 amide bonds. The maximum absolute atomic E-state index is 12.2. The SMILES string of the molecule is CCCC(C)N(C)C(=O)c1cc(N)cc(Br)c1. The van der Waals surface area contributed by atoms with Crippen molar-refractivity contribution >= 4 is 27.5 Å². The van der Waals surface area contributed by atoms with Crippen molar-refractivity contribution < 1.29 is 4.79 Å². The lowest BCUT2D eigenvalue weighted by Crippen LogP contribution is -2.35.